The molecule has 0 spiro atoms. The quantitative estimate of drug-likeness (QED) is 0.620. The minimum Gasteiger partial charge on any atom is -0.478 e. The van der Waals surface area contributed by atoms with Gasteiger partial charge in [-0.2, -0.15) is 13.2 Å². The smallest absolute Gasteiger partial charge is 0.471 e. The van der Waals surface area contributed by atoms with Crippen LogP contribution in [0, 0.1) is 10.1 Å². The molecular weight excluding hydrogens is 313 g/mol. The Labute approximate surface area is 120 Å². The molecule has 0 aliphatic carbocycles. The second kappa shape index (κ2) is 6.39. The molecule has 0 saturated heterocycles. The summed E-state index contributed by atoms with van der Waals surface area (Å²) in [4.78, 5) is 31.8. The van der Waals surface area contributed by atoms with Crippen molar-refractivity contribution in [1.82, 2.24) is 0 Å². The Balaban J connectivity index is 3.45. The fourth-order valence-electron chi connectivity index (χ4n) is 1.62. The van der Waals surface area contributed by atoms with Crippen LogP contribution in [-0.4, -0.2) is 46.3 Å². The number of carbonyl (C=O) groups is 2. The van der Waals surface area contributed by atoms with Crippen LogP contribution in [0.25, 0.3) is 0 Å². The number of aromatic carboxylic acids is 1. The summed E-state index contributed by atoms with van der Waals surface area (Å²) in [5.74, 6) is -3.93. The van der Waals surface area contributed by atoms with Gasteiger partial charge in [-0.1, -0.05) is 0 Å². The second-order valence-corrected chi connectivity index (χ2v) is 3.94. The largest absolute Gasteiger partial charge is 0.478 e. The van der Waals surface area contributed by atoms with Gasteiger partial charge in [0.2, 0.25) is 0 Å². The summed E-state index contributed by atoms with van der Waals surface area (Å²) in [7, 11) is 0. The molecular formula is C11H9F3N2O6. The number of alkyl halides is 3. The maximum Gasteiger partial charge on any atom is 0.471 e. The molecule has 0 bridgehead atoms. The molecule has 0 radical (unpaired) electrons. The number of benzene rings is 1. The fourth-order valence-corrected chi connectivity index (χ4v) is 1.62. The van der Waals surface area contributed by atoms with Crippen molar-refractivity contribution in [1.29, 1.82) is 0 Å². The van der Waals surface area contributed by atoms with Gasteiger partial charge in [-0.3, -0.25) is 19.8 Å². The van der Waals surface area contributed by atoms with Gasteiger partial charge in [0, 0.05) is 12.6 Å². The first kappa shape index (κ1) is 17.4. The average Bonchev–Trinajstić information content (AvgIpc) is 2.42. The number of nitro groups is 1. The Morgan fingerprint density at radius 3 is 2.32 bits per heavy atom. The van der Waals surface area contributed by atoms with Crippen LogP contribution >= 0.6 is 0 Å². The van der Waals surface area contributed by atoms with E-state index in [1.165, 1.54) is 0 Å². The van der Waals surface area contributed by atoms with Crippen LogP contribution in [0.5, 0.6) is 0 Å². The highest BCUT2D eigenvalue weighted by molar-refractivity contribution is 6.00. The van der Waals surface area contributed by atoms with Gasteiger partial charge in [0.25, 0.3) is 5.69 Å². The number of carboxylic acid groups (broad SMARTS) is 1. The van der Waals surface area contributed by atoms with Crippen molar-refractivity contribution in [3.05, 3.63) is 33.9 Å². The topological polar surface area (TPSA) is 121 Å². The number of hydrogen-bond donors (Lipinski definition) is 2. The zero-order chi connectivity index (χ0) is 17.1. The SMILES string of the molecule is O=C(O)c1ccc(N(CCO)C(=O)C(F)(F)F)c([N+](=O)[O-])c1. The number of carbonyl (C=O) groups excluding carboxylic acids is 1. The first-order chi connectivity index (χ1) is 10.1. The van der Waals surface area contributed by atoms with E-state index in [0.29, 0.717) is 12.1 Å². The highest BCUT2D eigenvalue weighted by atomic mass is 19.4. The summed E-state index contributed by atoms with van der Waals surface area (Å²) in [6.45, 7) is -1.72. The van der Waals surface area contributed by atoms with Crippen LogP contribution in [0.4, 0.5) is 24.5 Å². The van der Waals surface area contributed by atoms with Crippen molar-refractivity contribution < 1.29 is 37.9 Å². The van der Waals surface area contributed by atoms with Gasteiger partial charge in [-0.25, -0.2) is 4.79 Å². The minimum absolute atomic E-state index is 0.0240. The molecule has 0 fully saturated rings. The molecule has 0 aliphatic rings. The first-order valence-corrected chi connectivity index (χ1v) is 5.61. The molecule has 22 heavy (non-hydrogen) atoms. The molecule has 8 nitrogen and oxygen atoms in total. The molecule has 2 N–H and O–H groups in total. The van der Waals surface area contributed by atoms with Crippen LogP contribution in [0.1, 0.15) is 10.4 Å². The number of amides is 1. The number of rotatable bonds is 5. The number of nitro benzene ring substituents is 1. The molecule has 0 unspecified atom stereocenters. The van der Waals surface area contributed by atoms with E-state index in [0.717, 1.165) is 6.07 Å². The molecule has 1 rings (SSSR count). The number of anilines is 1. The Morgan fingerprint density at radius 1 is 1.32 bits per heavy atom. The molecule has 0 aromatic heterocycles. The maximum absolute atomic E-state index is 12.5. The molecule has 1 aromatic carbocycles. The Morgan fingerprint density at radius 2 is 1.91 bits per heavy atom. The zero-order valence-corrected chi connectivity index (χ0v) is 10.7. The van der Waals surface area contributed by atoms with Gasteiger partial charge >= 0.3 is 18.1 Å². The summed E-state index contributed by atoms with van der Waals surface area (Å²) >= 11 is 0. The first-order valence-electron chi connectivity index (χ1n) is 5.61. The van der Waals surface area contributed by atoms with Gasteiger partial charge in [-0.05, 0) is 12.1 Å². The number of aliphatic hydroxyl groups excluding tert-OH is 1. The third kappa shape index (κ3) is 3.69. The molecule has 1 amide bonds. The van der Waals surface area contributed by atoms with E-state index in [4.69, 9.17) is 10.2 Å². The third-order valence-electron chi connectivity index (χ3n) is 2.52. The van der Waals surface area contributed by atoms with E-state index in [1.807, 2.05) is 0 Å². The number of carboxylic acids is 1. The molecule has 120 valence electrons. The average molecular weight is 322 g/mol. The van der Waals surface area contributed by atoms with E-state index in [2.05, 4.69) is 0 Å². The number of aliphatic hydroxyl groups is 1. The van der Waals surface area contributed by atoms with Gasteiger partial charge in [-0.15, -0.1) is 0 Å². The van der Waals surface area contributed by atoms with Crippen LogP contribution in [0.3, 0.4) is 0 Å². The van der Waals surface area contributed by atoms with Gasteiger partial charge in [0.15, 0.2) is 0 Å². The number of halogens is 3. The van der Waals surface area contributed by atoms with Crippen molar-refractivity contribution in [3.8, 4) is 0 Å². The molecule has 0 aliphatic heterocycles. The number of nitrogens with zero attached hydrogens (tertiary/aromatic N) is 2. The standard InChI is InChI=1S/C11H9F3N2O6/c12-11(13,14)10(20)15(3-4-17)7-2-1-6(9(18)19)5-8(7)16(21)22/h1-2,5,17H,3-4H2,(H,18,19). The second-order valence-electron chi connectivity index (χ2n) is 3.94. The molecule has 0 atom stereocenters. The lowest BCUT2D eigenvalue weighted by atomic mass is 10.1. The van der Waals surface area contributed by atoms with E-state index < -0.39 is 53.1 Å². The van der Waals surface area contributed by atoms with Crippen LogP contribution in [0.2, 0.25) is 0 Å². The van der Waals surface area contributed by atoms with Crippen molar-refractivity contribution in [2.24, 2.45) is 0 Å². The van der Waals surface area contributed by atoms with Crippen molar-refractivity contribution in [2.45, 2.75) is 6.18 Å². The number of hydrogen-bond acceptors (Lipinski definition) is 5. The summed E-state index contributed by atoms with van der Waals surface area (Å²) in [6.07, 6.45) is -5.31. The van der Waals surface area contributed by atoms with Crippen LogP contribution in [-0.2, 0) is 4.79 Å². The highest BCUT2D eigenvalue weighted by Crippen LogP contribution is 2.32. The van der Waals surface area contributed by atoms with Gasteiger partial charge in [0.05, 0.1) is 17.1 Å². The summed E-state index contributed by atoms with van der Waals surface area (Å²) in [5, 5.41) is 28.4. The van der Waals surface area contributed by atoms with E-state index in [-0.39, 0.29) is 4.90 Å². The molecule has 0 saturated carbocycles. The van der Waals surface area contributed by atoms with E-state index in [1.54, 1.807) is 0 Å². The lowest BCUT2D eigenvalue weighted by Gasteiger charge is -2.22. The Hall–Kier alpha value is -2.69. The minimum atomic E-state index is -5.31. The van der Waals surface area contributed by atoms with Crippen LogP contribution in [0.15, 0.2) is 18.2 Å². The Bertz CT molecular complexity index is 616. The summed E-state index contributed by atoms with van der Waals surface area (Å²) in [5.41, 5.74) is -2.28. The maximum atomic E-state index is 12.5. The van der Waals surface area contributed by atoms with E-state index >= 15 is 0 Å². The Kier molecular flexibility index (Phi) is 5.04. The lowest BCUT2D eigenvalue weighted by molar-refractivity contribution is -0.384. The predicted molar refractivity (Wildman–Crippen MR) is 65.5 cm³/mol. The van der Waals surface area contributed by atoms with E-state index in [9.17, 15) is 32.9 Å². The van der Waals surface area contributed by atoms with Gasteiger partial charge in [0.1, 0.15) is 5.69 Å². The summed E-state index contributed by atoms with van der Waals surface area (Å²) < 4.78 is 37.5. The van der Waals surface area contributed by atoms with Crippen molar-refractivity contribution in [3.63, 3.8) is 0 Å². The normalized spacial score (nSPS) is 11.1. The third-order valence-corrected chi connectivity index (χ3v) is 2.52. The molecule has 0 heterocycles. The summed E-state index contributed by atoms with van der Waals surface area (Å²) in [6, 6.07) is 2.06. The van der Waals surface area contributed by atoms with Crippen molar-refractivity contribution in [2.75, 3.05) is 18.1 Å². The molecule has 11 heteroatoms. The van der Waals surface area contributed by atoms with Crippen LogP contribution < -0.4 is 4.90 Å². The monoisotopic (exact) mass is 322 g/mol. The predicted octanol–water partition coefficient (Wildman–Crippen LogP) is 1.18. The van der Waals surface area contributed by atoms with Crippen molar-refractivity contribution >= 4 is 23.3 Å². The fraction of sp³-hybridized carbons (Fsp3) is 0.273. The highest BCUT2D eigenvalue weighted by Gasteiger charge is 2.44. The zero-order valence-electron chi connectivity index (χ0n) is 10.7. The lowest BCUT2D eigenvalue weighted by Crippen LogP contribution is -2.43. The molecule has 1 aromatic rings. The van der Waals surface area contributed by atoms with Gasteiger partial charge < -0.3 is 10.2 Å².